The number of aryl methyl sites for hydroxylation is 1. The fourth-order valence-corrected chi connectivity index (χ4v) is 9.68. The highest BCUT2D eigenvalue weighted by Gasteiger charge is 2.49. The van der Waals surface area contributed by atoms with Crippen LogP contribution < -0.4 is 19.7 Å². The van der Waals surface area contributed by atoms with Crippen LogP contribution in [0.1, 0.15) is 64.9 Å². The predicted molar refractivity (Wildman–Crippen MR) is 209 cm³/mol. The van der Waals surface area contributed by atoms with E-state index in [-0.39, 0.29) is 36.2 Å². The highest BCUT2D eigenvalue weighted by molar-refractivity contribution is 6.02. The van der Waals surface area contributed by atoms with E-state index in [9.17, 15) is 14.0 Å². The van der Waals surface area contributed by atoms with E-state index in [0.717, 1.165) is 42.1 Å². The number of amides is 2. The van der Waals surface area contributed by atoms with Crippen LogP contribution in [0.3, 0.4) is 0 Å². The van der Waals surface area contributed by atoms with E-state index in [2.05, 4.69) is 10.2 Å². The molecule has 6 bridgehead atoms. The SMILES string of the molecule is CC1(C)COCCN1C(=O)Oc1cc2c3c(cccc3c1)CCCOC(=O)N[C@]1(C)CCCN(C1)c1nc(OC[C@@]34CCCN3C[C@H](F)C4)nc3c(F)c-2ncc13. The van der Waals surface area contributed by atoms with Crippen LogP contribution in [0.15, 0.2) is 36.5 Å². The van der Waals surface area contributed by atoms with Crippen molar-refractivity contribution in [3.63, 3.8) is 0 Å². The summed E-state index contributed by atoms with van der Waals surface area (Å²) in [7, 11) is 0. The number of nitrogens with zero attached hydrogens (tertiary/aromatic N) is 6. The Hall–Kier alpha value is -4.89. The summed E-state index contributed by atoms with van der Waals surface area (Å²) in [5.74, 6) is -0.0199. The van der Waals surface area contributed by atoms with Crippen molar-refractivity contribution < 1.29 is 37.3 Å². The number of ether oxygens (including phenoxy) is 4. The molecule has 15 heteroatoms. The third kappa shape index (κ3) is 7.06. The van der Waals surface area contributed by atoms with Crippen molar-refractivity contribution in [1.82, 2.24) is 30.1 Å². The van der Waals surface area contributed by atoms with Crippen molar-refractivity contribution in [2.45, 2.75) is 88.5 Å². The van der Waals surface area contributed by atoms with Gasteiger partial charge in [0.15, 0.2) is 5.82 Å². The van der Waals surface area contributed by atoms with Crippen LogP contribution in [0, 0.1) is 5.82 Å². The second kappa shape index (κ2) is 14.5. The van der Waals surface area contributed by atoms with Crippen molar-refractivity contribution in [3.05, 3.63) is 47.9 Å². The van der Waals surface area contributed by atoms with Gasteiger partial charge in [-0.2, -0.15) is 9.97 Å². The lowest BCUT2D eigenvalue weighted by molar-refractivity contribution is -0.0368. The topological polar surface area (TPSA) is 131 Å². The molecule has 57 heavy (non-hydrogen) atoms. The molecule has 0 radical (unpaired) electrons. The van der Waals surface area contributed by atoms with Gasteiger partial charge >= 0.3 is 18.2 Å². The van der Waals surface area contributed by atoms with Crippen LogP contribution in [0.25, 0.3) is 32.9 Å². The lowest BCUT2D eigenvalue weighted by Gasteiger charge is -2.41. The summed E-state index contributed by atoms with van der Waals surface area (Å²) in [5.41, 5.74) is -0.372. The largest absolute Gasteiger partial charge is 0.461 e. The van der Waals surface area contributed by atoms with Gasteiger partial charge in [-0.1, -0.05) is 18.2 Å². The van der Waals surface area contributed by atoms with Gasteiger partial charge in [0.25, 0.3) is 0 Å². The van der Waals surface area contributed by atoms with E-state index in [0.29, 0.717) is 81.8 Å². The predicted octanol–water partition coefficient (Wildman–Crippen LogP) is 6.58. The molecule has 4 saturated heterocycles. The van der Waals surface area contributed by atoms with Crippen LogP contribution in [0.4, 0.5) is 24.2 Å². The number of carbonyl (C=O) groups is 2. The number of hydrogen-bond acceptors (Lipinski definition) is 11. The van der Waals surface area contributed by atoms with Crippen molar-refractivity contribution >= 4 is 39.7 Å². The molecule has 0 spiro atoms. The summed E-state index contributed by atoms with van der Waals surface area (Å²) in [6, 6.07) is 9.16. The number of alkyl carbamates (subject to hydrolysis) is 1. The maximum atomic E-state index is 17.6. The fraction of sp³-hybridized carbons (Fsp3) is 0.548. The van der Waals surface area contributed by atoms with Crippen LogP contribution in [0.5, 0.6) is 11.8 Å². The number of pyridine rings is 1. The summed E-state index contributed by atoms with van der Waals surface area (Å²) in [4.78, 5) is 47.0. The minimum atomic E-state index is -0.940. The zero-order valence-corrected chi connectivity index (χ0v) is 32.7. The normalized spacial score (nSPS) is 26.3. The fourth-order valence-electron chi connectivity index (χ4n) is 9.68. The summed E-state index contributed by atoms with van der Waals surface area (Å²) in [6.45, 7) is 9.41. The van der Waals surface area contributed by atoms with Crippen molar-refractivity contribution in [2.24, 2.45) is 0 Å². The van der Waals surface area contributed by atoms with E-state index in [1.165, 1.54) is 0 Å². The molecule has 4 aromatic rings. The number of benzene rings is 2. The molecule has 3 atom stereocenters. The Bertz CT molecular complexity index is 2240. The molecular formula is C42H49F2N7O6. The summed E-state index contributed by atoms with van der Waals surface area (Å²) < 4.78 is 56.0. The molecule has 2 aromatic heterocycles. The standard InChI is InChI=1S/C42H49F2N7O6/c1-40(2)24-54-17-15-51(40)39(53)57-29-18-27-9-4-8-26-10-5-16-55-38(52)48-41(3)11-6-13-49(23-41)36-31-21-45-34(30(19-29)32(26)27)33(44)35(31)46-37(47-36)56-25-42-12-7-14-50(42)22-28(43)20-42/h4,8-9,18-19,21,28H,5-7,10-17,20,22-25H2,1-3H3,(H,48,52)/t28-,41-,42+/m1/s1. The molecule has 6 aliphatic heterocycles. The maximum absolute atomic E-state index is 17.6. The molecule has 2 amide bonds. The average molecular weight is 786 g/mol. The number of aromatic nitrogens is 3. The number of anilines is 1. The Kier molecular flexibility index (Phi) is 9.58. The van der Waals surface area contributed by atoms with Gasteiger partial charge < -0.3 is 29.2 Å². The Morgan fingerprint density at radius 2 is 1.93 bits per heavy atom. The zero-order valence-electron chi connectivity index (χ0n) is 32.7. The van der Waals surface area contributed by atoms with Gasteiger partial charge in [-0.25, -0.2) is 18.4 Å². The first kappa shape index (κ1) is 37.7. The lowest BCUT2D eigenvalue weighted by atomic mass is 9.91. The number of halogens is 2. The smallest absolute Gasteiger partial charge is 0.415 e. The molecule has 0 unspecified atom stereocenters. The molecule has 0 aliphatic carbocycles. The van der Waals surface area contributed by atoms with Crippen LogP contribution in [-0.4, -0.2) is 119 Å². The Morgan fingerprint density at radius 3 is 2.79 bits per heavy atom. The van der Waals surface area contributed by atoms with Crippen LogP contribution in [0.2, 0.25) is 0 Å². The number of nitrogens with one attached hydrogen (secondary N) is 1. The van der Waals surface area contributed by atoms with E-state index < -0.39 is 40.8 Å². The lowest BCUT2D eigenvalue weighted by Crippen LogP contribution is -2.57. The van der Waals surface area contributed by atoms with Gasteiger partial charge in [-0.15, -0.1) is 0 Å². The van der Waals surface area contributed by atoms with E-state index in [4.69, 9.17) is 33.9 Å². The van der Waals surface area contributed by atoms with Crippen LogP contribution in [-0.2, 0) is 15.9 Å². The molecule has 2 aromatic carbocycles. The number of rotatable bonds is 4. The number of fused-ring (bicyclic) bond motifs is 7. The van der Waals surface area contributed by atoms with Crippen molar-refractivity contribution in [1.29, 1.82) is 0 Å². The van der Waals surface area contributed by atoms with E-state index >= 15 is 4.39 Å². The Labute approximate surface area is 330 Å². The minimum Gasteiger partial charge on any atom is -0.461 e. The van der Waals surface area contributed by atoms with Gasteiger partial charge in [-0.05, 0) is 94.3 Å². The van der Waals surface area contributed by atoms with Crippen molar-refractivity contribution in [3.8, 4) is 23.0 Å². The molecule has 1 N–H and O–H groups in total. The molecule has 10 rings (SSSR count). The van der Waals surface area contributed by atoms with E-state index in [1.807, 2.05) is 43.9 Å². The van der Waals surface area contributed by atoms with Gasteiger partial charge in [0, 0.05) is 44.4 Å². The zero-order chi connectivity index (χ0) is 39.5. The third-order valence-electron chi connectivity index (χ3n) is 12.5. The summed E-state index contributed by atoms with van der Waals surface area (Å²) in [5, 5.41) is 4.91. The number of carbonyl (C=O) groups excluding carboxylic acids is 2. The maximum Gasteiger partial charge on any atom is 0.415 e. The van der Waals surface area contributed by atoms with Gasteiger partial charge in [0.05, 0.1) is 41.8 Å². The summed E-state index contributed by atoms with van der Waals surface area (Å²) in [6.07, 6.45) is 4.17. The first-order valence-corrected chi connectivity index (χ1v) is 20.1. The molecule has 8 heterocycles. The second-order valence-electron chi connectivity index (χ2n) is 17.2. The van der Waals surface area contributed by atoms with Gasteiger partial charge in [-0.3, -0.25) is 14.8 Å². The first-order chi connectivity index (χ1) is 27.4. The number of alkyl halides is 1. The van der Waals surface area contributed by atoms with Crippen LogP contribution >= 0.6 is 0 Å². The number of piperidine rings is 1. The molecule has 0 saturated carbocycles. The minimum absolute atomic E-state index is 0.0163. The monoisotopic (exact) mass is 785 g/mol. The summed E-state index contributed by atoms with van der Waals surface area (Å²) >= 11 is 0. The Balaban J connectivity index is 1.19. The molecule has 6 aliphatic rings. The molecule has 4 fully saturated rings. The third-order valence-corrected chi connectivity index (χ3v) is 12.5. The van der Waals surface area contributed by atoms with Gasteiger partial charge in [0.1, 0.15) is 35.6 Å². The Morgan fingerprint density at radius 1 is 1.07 bits per heavy atom. The molecular weight excluding hydrogens is 737 g/mol. The number of morpholine rings is 1. The highest BCUT2D eigenvalue weighted by Crippen LogP contribution is 2.42. The quantitative estimate of drug-likeness (QED) is 0.241. The van der Waals surface area contributed by atoms with Gasteiger partial charge in [0.2, 0.25) is 0 Å². The number of hydrogen-bond donors (Lipinski definition) is 1. The molecule has 13 nitrogen and oxygen atoms in total. The second-order valence-corrected chi connectivity index (χ2v) is 17.2. The van der Waals surface area contributed by atoms with E-state index in [1.54, 1.807) is 23.2 Å². The van der Waals surface area contributed by atoms with Crippen molar-refractivity contribution in [2.75, 3.05) is 64.1 Å². The first-order valence-electron chi connectivity index (χ1n) is 20.1. The average Bonchev–Trinajstić information content (AvgIpc) is 3.70. The highest BCUT2D eigenvalue weighted by atomic mass is 19.1. The molecule has 302 valence electrons.